The first-order valence-corrected chi connectivity index (χ1v) is 13.9. The van der Waals surface area contributed by atoms with Crippen molar-refractivity contribution >= 4 is 55.6 Å². The third-order valence-corrected chi connectivity index (χ3v) is 7.49. The minimum Gasteiger partial charge on any atom is -0.744 e. The Morgan fingerprint density at radius 3 is 1.69 bits per heavy atom. The maximum absolute atomic E-state index is 12.9. The molecule has 4 rings (SSSR count). The first-order chi connectivity index (χ1) is 19.1. The van der Waals surface area contributed by atoms with Crippen molar-refractivity contribution in [3.8, 4) is 5.69 Å². The zero-order valence-corrected chi connectivity index (χ0v) is 38.2. The average molecular weight is 759 g/mol. The number of benzene rings is 2. The molecule has 2 aromatic carbocycles. The minimum atomic E-state index is -4.78. The Labute approximate surface area is 425 Å². The summed E-state index contributed by atoms with van der Waals surface area (Å²) in [4.78, 5) is 47.9. The van der Waals surface area contributed by atoms with Gasteiger partial charge in [-0.2, -0.15) is 10.1 Å². The summed E-state index contributed by atoms with van der Waals surface area (Å²) in [5.74, 6) is -5.94. The minimum absolute atomic E-state index is 0. The number of aromatic nitrogens is 2. The van der Waals surface area contributed by atoms with E-state index in [-0.39, 0.29) is 217 Å². The summed E-state index contributed by atoms with van der Waals surface area (Å²) in [6.45, 7) is 0. The number of nitrogens with one attached hydrogen (secondary N) is 1. The van der Waals surface area contributed by atoms with Crippen LogP contribution in [0.3, 0.4) is 0 Å². The van der Waals surface area contributed by atoms with Crippen molar-refractivity contribution in [2.75, 3.05) is 5.01 Å². The number of hydrazone groups is 1. The SMILES string of the molecule is O=C([O-])C1=NN(c2ccc(S(=O)(=O)[O-])cc2)C(=O)C1C/C=C/c1c(C(=O)[O-])[nH]n(-c2ccc(S(=O)(=O)[O-])cc2)c1=O.[K+].[K+].[K+].[K+]. The van der Waals surface area contributed by atoms with Crippen LogP contribution in [0.1, 0.15) is 22.5 Å². The molecule has 0 saturated carbocycles. The van der Waals surface area contributed by atoms with Gasteiger partial charge in [0.1, 0.15) is 20.2 Å². The second kappa shape index (κ2) is 19.3. The molecule has 1 unspecified atom stereocenters. The van der Waals surface area contributed by atoms with E-state index in [9.17, 15) is 55.3 Å². The predicted octanol–water partition coefficient (Wildman–Crippen LogP) is -14.5. The number of carboxylic acid groups (broad SMARTS) is 2. The van der Waals surface area contributed by atoms with Crippen molar-refractivity contribution in [2.24, 2.45) is 11.0 Å². The maximum atomic E-state index is 12.9. The third-order valence-electron chi connectivity index (χ3n) is 5.79. The monoisotopic (exact) mass is 758 g/mol. The number of hydrogen-bond donors (Lipinski definition) is 1. The molecular weight excluding hydrogens is 745 g/mol. The van der Waals surface area contributed by atoms with Crippen LogP contribution in [0, 0.1) is 5.92 Å². The number of aromatic carboxylic acids is 1. The fourth-order valence-corrected chi connectivity index (χ4v) is 4.79. The Bertz CT molecular complexity index is 1920. The van der Waals surface area contributed by atoms with Gasteiger partial charge < -0.3 is 28.9 Å². The van der Waals surface area contributed by atoms with Gasteiger partial charge in [-0.1, -0.05) is 12.2 Å². The molecule has 214 valence electrons. The second-order valence-electron chi connectivity index (χ2n) is 8.34. The summed E-state index contributed by atoms with van der Waals surface area (Å²) in [6.07, 6.45) is 1.72. The van der Waals surface area contributed by atoms with Gasteiger partial charge in [0.25, 0.3) is 11.5 Å². The van der Waals surface area contributed by atoms with Crippen molar-refractivity contribution in [2.45, 2.75) is 16.2 Å². The molecule has 1 N–H and O–H groups in total. The number of carbonyl (C=O) groups is 3. The van der Waals surface area contributed by atoms with E-state index in [1.54, 1.807) is 0 Å². The Kier molecular flexibility index (Phi) is 20.0. The van der Waals surface area contributed by atoms with Crippen LogP contribution >= 0.6 is 0 Å². The van der Waals surface area contributed by atoms with Crippen LogP contribution in [0.15, 0.2) is 74.3 Å². The molecule has 1 aliphatic rings. The number of H-pyrrole nitrogens is 1. The molecule has 0 spiro atoms. The van der Waals surface area contributed by atoms with E-state index in [0.29, 0.717) is 5.01 Å². The van der Waals surface area contributed by atoms with Gasteiger partial charge >= 0.3 is 206 Å². The van der Waals surface area contributed by atoms with E-state index in [1.807, 2.05) is 0 Å². The van der Waals surface area contributed by atoms with Crippen LogP contribution in [-0.4, -0.2) is 59.3 Å². The van der Waals surface area contributed by atoms with Crippen molar-refractivity contribution in [3.63, 3.8) is 0 Å². The van der Waals surface area contributed by atoms with Crippen LogP contribution in [0.2, 0.25) is 0 Å². The maximum Gasteiger partial charge on any atom is 1.00 e. The summed E-state index contributed by atoms with van der Waals surface area (Å²) in [5.41, 5.74) is -2.91. The van der Waals surface area contributed by atoms with Crippen LogP contribution in [0.5, 0.6) is 0 Å². The number of carboxylic acids is 2. The summed E-state index contributed by atoms with van der Waals surface area (Å²) in [5, 5.41) is 29.9. The van der Waals surface area contributed by atoms with Crippen molar-refractivity contribution < 1.29 is 256 Å². The van der Waals surface area contributed by atoms with Crippen LogP contribution in [0.4, 0.5) is 5.69 Å². The molecule has 45 heavy (non-hydrogen) atoms. The molecule has 0 saturated heterocycles. The smallest absolute Gasteiger partial charge is 0.744 e. The molecule has 0 bridgehead atoms. The quantitative estimate of drug-likeness (QED) is 0.158. The molecule has 1 aliphatic heterocycles. The third kappa shape index (κ3) is 11.3. The summed E-state index contributed by atoms with van der Waals surface area (Å²) in [6, 6.07) is 7.88. The van der Waals surface area contributed by atoms with E-state index in [2.05, 4.69) is 10.2 Å². The standard InChI is InChI=1S/C23H18N4O12S2.4K/c28-20-16(18(22(30)31)24-26(20)12-4-8-14(9-5-12)40(34,35)36)2-1-3-17-19(23(32)33)25-27(21(17)29)13-6-10-15(11-7-13)41(37,38)39;;;;/h1-2,4-11,17,24H,3H2,(H,30,31)(H,32,33)(H,34,35,36)(H,37,38,39);;;;/q;4*+1/p-4/b2-1+;;;;. The number of hydrogen-bond acceptors (Lipinski definition) is 13. The Morgan fingerprint density at radius 2 is 1.27 bits per heavy atom. The van der Waals surface area contributed by atoms with Gasteiger partial charge in [0.15, 0.2) is 0 Å². The van der Waals surface area contributed by atoms with E-state index in [0.717, 1.165) is 65.4 Å². The zero-order valence-electron chi connectivity index (χ0n) is 24.1. The Hall–Kier alpha value is 1.64. The topological polar surface area (TPSA) is 265 Å². The number of aromatic amines is 1. The van der Waals surface area contributed by atoms with Crippen LogP contribution in [0.25, 0.3) is 11.8 Å². The van der Waals surface area contributed by atoms with Gasteiger partial charge in [0, 0.05) is 0 Å². The normalized spacial score (nSPS) is 14.4. The average Bonchev–Trinajstić information content (AvgIpc) is 3.40. The molecule has 3 aromatic rings. The molecule has 22 heteroatoms. The van der Waals surface area contributed by atoms with Gasteiger partial charge in [-0.3, -0.25) is 14.7 Å². The van der Waals surface area contributed by atoms with Crippen molar-refractivity contribution in [1.82, 2.24) is 9.78 Å². The van der Waals surface area contributed by atoms with Crippen LogP contribution < -0.4 is 226 Å². The van der Waals surface area contributed by atoms with Crippen molar-refractivity contribution in [1.29, 1.82) is 0 Å². The number of rotatable bonds is 9. The molecule has 1 atom stereocenters. The molecule has 1 amide bonds. The molecule has 0 radical (unpaired) electrons. The summed E-state index contributed by atoms with van der Waals surface area (Å²) >= 11 is 0. The van der Waals surface area contributed by atoms with Gasteiger partial charge in [-0.05, 0) is 55.0 Å². The largest absolute Gasteiger partial charge is 1.00 e. The van der Waals surface area contributed by atoms with Gasteiger partial charge in [0.05, 0.1) is 56.0 Å². The first kappa shape index (κ1) is 46.6. The summed E-state index contributed by atoms with van der Waals surface area (Å²) < 4.78 is 67.5. The Balaban J connectivity index is 0.00000484. The van der Waals surface area contributed by atoms with E-state index in [1.165, 1.54) is 0 Å². The fourth-order valence-electron chi connectivity index (χ4n) is 3.85. The first-order valence-electron chi connectivity index (χ1n) is 11.1. The number of anilines is 1. The molecule has 1 aromatic heterocycles. The molecule has 2 heterocycles. The van der Waals surface area contributed by atoms with E-state index < -0.39 is 82.7 Å². The number of amides is 1. The number of carbonyl (C=O) groups excluding carboxylic acids is 3. The van der Waals surface area contributed by atoms with Gasteiger partial charge in [0.2, 0.25) is 0 Å². The molecule has 0 aliphatic carbocycles. The molecular formula is C23H14K4N4O12S2. The second-order valence-corrected chi connectivity index (χ2v) is 11.1. The predicted molar refractivity (Wildman–Crippen MR) is 130 cm³/mol. The van der Waals surface area contributed by atoms with Gasteiger partial charge in [-0.15, -0.1) is 0 Å². The zero-order chi connectivity index (χ0) is 30.3. The van der Waals surface area contributed by atoms with E-state index >= 15 is 0 Å². The molecule has 16 nitrogen and oxygen atoms in total. The van der Waals surface area contributed by atoms with Crippen LogP contribution in [-0.2, 0) is 29.8 Å². The number of aliphatic carboxylic acids is 1. The fraction of sp³-hybridized carbons (Fsp3) is 0.0870. The number of allylic oxidation sites excluding steroid dienone is 1. The van der Waals surface area contributed by atoms with Crippen molar-refractivity contribution in [3.05, 3.63) is 76.2 Å². The van der Waals surface area contributed by atoms with Gasteiger partial charge in [-0.25, -0.2) is 21.5 Å². The Morgan fingerprint density at radius 1 is 0.800 bits per heavy atom. The van der Waals surface area contributed by atoms with E-state index in [4.69, 9.17) is 0 Å². The number of nitrogens with zero attached hydrogens (tertiary/aromatic N) is 3. The molecule has 0 fully saturated rings. The summed E-state index contributed by atoms with van der Waals surface area (Å²) in [7, 11) is -9.56.